The van der Waals surface area contributed by atoms with Crippen molar-refractivity contribution in [3.63, 3.8) is 0 Å². The summed E-state index contributed by atoms with van der Waals surface area (Å²) in [6.45, 7) is 1.24. The van der Waals surface area contributed by atoms with Crippen LogP contribution >= 0.6 is 27.3 Å². The van der Waals surface area contributed by atoms with Crippen molar-refractivity contribution >= 4 is 33.2 Å². The van der Waals surface area contributed by atoms with E-state index in [0.29, 0.717) is 6.54 Å². The van der Waals surface area contributed by atoms with E-state index in [4.69, 9.17) is 10.8 Å². The molecule has 0 aliphatic carbocycles. The van der Waals surface area contributed by atoms with E-state index in [1.54, 1.807) is 11.3 Å². The van der Waals surface area contributed by atoms with Crippen LogP contribution in [0.15, 0.2) is 15.9 Å². The Hall–Kier alpha value is -0.430. The van der Waals surface area contributed by atoms with Crippen molar-refractivity contribution in [2.75, 3.05) is 6.54 Å². The minimum Gasteiger partial charge on any atom is -0.481 e. The molecular weight excluding hydrogens is 280 g/mol. The summed E-state index contributed by atoms with van der Waals surface area (Å²) in [7, 11) is 0. The lowest BCUT2D eigenvalue weighted by Crippen LogP contribution is -2.35. The van der Waals surface area contributed by atoms with Crippen LogP contribution in [0.3, 0.4) is 0 Å². The third-order valence-corrected chi connectivity index (χ3v) is 3.40. The zero-order valence-corrected chi connectivity index (χ0v) is 10.5. The second-order valence-corrected chi connectivity index (χ2v) is 5.74. The number of hydrogen-bond donors (Lipinski definition) is 3. The first kappa shape index (κ1) is 12.6. The molecule has 0 aliphatic heterocycles. The number of thiophene rings is 1. The van der Waals surface area contributed by atoms with Crippen LogP contribution in [0.4, 0.5) is 0 Å². The molecule has 1 unspecified atom stereocenters. The number of carboxylic acids is 1. The minimum absolute atomic E-state index is 0.00113. The van der Waals surface area contributed by atoms with E-state index >= 15 is 0 Å². The molecule has 1 atom stereocenters. The Morgan fingerprint density at radius 3 is 2.93 bits per heavy atom. The number of carboxylic acid groups (broad SMARTS) is 1. The van der Waals surface area contributed by atoms with Crippen LogP contribution in [0.25, 0.3) is 0 Å². The number of hydrogen-bond acceptors (Lipinski definition) is 4. The molecule has 0 saturated carbocycles. The Bertz CT molecular complexity index is 330. The van der Waals surface area contributed by atoms with Crippen molar-refractivity contribution in [2.24, 2.45) is 5.73 Å². The molecule has 4 N–H and O–H groups in total. The lowest BCUT2D eigenvalue weighted by atomic mass is 10.2. The van der Waals surface area contributed by atoms with E-state index in [2.05, 4.69) is 21.2 Å². The highest BCUT2D eigenvalue weighted by molar-refractivity contribution is 9.11. The average molecular weight is 293 g/mol. The summed E-state index contributed by atoms with van der Waals surface area (Å²) in [6.07, 6.45) is 0.00113. The van der Waals surface area contributed by atoms with Gasteiger partial charge in [0.1, 0.15) is 0 Å². The van der Waals surface area contributed by atoms with Crippen LogP contribution in [-0.2, 0) is 11.3 Å². The standard InChI is InChI=1S/C9H13BrN2O2S/c10-8-2-1-7(15-8)5-12-4-6(11)3-9(13)14/h1-2,6,12H,3-5,11H2,(H,13,14). The third-order valence-electron chi connectivity index (χ3n) is 1.77. The molecule has 6 heteroatoms. The molecule has 84 valence electrons. The van der Waals surface area contributed by atoms with Gasteiger partial charge in [0.25, 0.3) is 0 Å². The van der Waals surface area contributed by atoms with Crippen molar-refractivity contribution in [1.82, 2.24) is 5.32 Å². The largest absolute Gasteiger partial charge is 0.481 e. The van der Waals surface area contributed by atoms with Crippen LogP contribution in [0.1, 0.15) is 11.3 Å². The van der Waals surface area contributed by atoms with Crippen LogP contribution in [0.5, 0.6) is 0 Å². The topological polar surface area (TPSA) is 75.3 Å². The van der Waals surface area contributed by atoms with E-state index in [1.807, 2.05) is 12.1 Å². The molecule has 1 heterocycles. The normalized spacial score (nSPS) is 12.7. The number of nitrogens with one attached hydrogen (secondary N) is 1. The Kier molecular flexibility index (Phi) is 5.24. The summed E-state index contributed by atoms with van der Waals surface area (Å²) in [5.41, 5.74) is 5.59. The molecule has 0 saturated heterocycles. The SMILES string of the molecule is NC(CNCc1ccc(Br)s1)CC(=O)O. The molecule has 0 amide bonds. The Balaban J connectivity index is 2.18. The number of carbonyl (C=O) groups is 1. The Morgan fingerprint density at radius 1 is 1.67 bits per heavy atom. The van der Waals surface area contributed by atoms with Crippen molar-refractivity contribution in [1.29, 1.82) is 0 Å². The van der Waals surface area contributed by atoms with Crippen molar-refractivity contribution in [2.45, 2.75) is 19.0 Å². The van der Waals surface area contributed by atoms with E-state index in [1.165, 1.54) is 4.88 Å². The van der Waals surface area contributed by atoms with Crippen molar-refractivity contribution < 1.29 is 9.90 Å². The zero-order valence-electron chi connectivity index (χ0n) is 8.07. The van der Waals surface area contributed by atoms with Gasteiger partial charge in [-0.2, -0.15) is 0 Å². The highest BCUT2D eigenvalue weighted by atomic mass is 79.9. The predicted molar refractivity (Wildman–Crippen MR) is 64.0 cm³/mol. The summed E-state index contributed by atoms with van der Waals surface area (Å²) >= 11 is 5.02. The molecule has 0 fully saturated rings. The molecule has 0 spiro atoms. The maximum absolute atomic E-state index is 10.3. The van der Waals surface area contributed by atoms with Gasteiger partial charge >= 0.3 is 5.97 Å². The van der Waals surface area contributed by atoms with Gasteiger partial charge in [-0.25, -0.2) is 0 Å². The molecule has 1 aromatic rings. The number of halogens is 1. The highest BCUT2D eigenvalue weighted by Crippen LogP contribution is 2.21. The Morgan fingerprint density at radius 2 is 2.40 bits per heavy atom. The van der Waals surface area contributed by atoms with Gasteiger partial charge in [0.15, 0.2) is 0 Å². The first-order chi connectivity index (χ1) is 7.08. The Labute approximate surface area is 101 Å². The summed E-state index contributed by atoms with van der Waals surface area (Å²) < 4.78 is 1.09. The first-order valence-electron chi connectivity index (χ1n) is 4.50. The molecule has 4 nitrogen and oxygen atoms in total. The van der Waals surface area contributed by atoms with Gasteiger partial charge in [-0.15, -0.1) is 11.3 Å². The fourth-order valence-corrected chi connectivity index (χ4v) is 2.58. The molecule has 0 bridgehead atoms. The van der Waals surface area contributed by atoms with Gasteiger partial charge in [-0.3, -0.25) is 4.79 Å². The summed E-state index contributed by atoms with van der Waals surface area (Å²) in [4.78, 5) is 11.5. The number of aliphatic carboxylic acids is 1. The maximum atomic E-state index is 10.3. The zero-order chi connectivity index (χ0) is 11.3. The van der Waals surface area contributed by atoms with Gasteiger partial charge in [-0.1, -0.05) is 0 Å². The smallest absolute Gasteiger partial charge is 0.304 e. The van der Waals surface area contributed by atoms with Gasteiger partial charge in [-0.05, 0) is 28.1 Å². The molecule has 0 radical (unpaired) electrons. The van der Waals surface area contributed by atoms with Crippen LogP contribution < -0.4 is 11.1 Å². The van der Waals surface area contributed by atoms with Gasteiger partial charge < -0.3 is 16.2 Å². The molecule has 0 aromatic carbocycles. The van der Waals surface area contributed by atoms with Crippen LogP contribution in [0.2, 0.25) is 0 Å². The molecular formula is C9H13BrN2O2S. The monoisotopic (exact) mass is 292 g/mol. The lowest BCUT2D eigenvalue weighted by molar-refractivity contribution is -0.137. The molecule has 15 heavy (non-hydrogen) atoms. The number of nitrogens with two attached hydrogens (primary N) is 1. The van der Waals surface area contributed by atoms with Crippen LogP contribution in [-0.4, -0.2) is 23.7 Å². The fraction of sp³-hybridized carbons (Fsp3) is 0.444. The van der Waals surface area contributed by atoms with E-state index in [0.717, 1.165) is 10.3 Å². The lowest BCUT2D eigenvalue weighted by Gasteiger charge is -2.09. The molecule has 1 rings (SSSR count). The average Bonchev–Trinajstić information content (AvgIpc) is 2.50. The van der Waals surface area contributed by atoms with Crippen molar-refractivity contribution in [3.05, 3.63) is 20.8 Å². The third kappa shape index (κ3) is 5.27. The highest BCUT2D eigenvalue weighted by Gasteiger charge is 2.07. The summed E-state index contributed by atoms with van der Waals surface area (Å²) in [5, 5.41) is 11.6. The van der Waals surface area contributed by atoms with Crippen molar-refractivity contribution in [3.8, 4) is 0 Å². The second-order valence-electron chi connectivity index (χ2n) is 3.19. The fourth-order valence-electron chi connectivity index (χ4n) is 1.12. The summed E-state index contributed by atoms with van der Waals surface area (Å²) in [5.74, 6) is -0.858. The van der Waals surface area contributed by atoms with E-state index in [-0.39, 0.29) is 12.5 Å². The quantitative estimate of drug-likeness (QED) is 0.741. The minimum atomic E-state index is -0.858. The second kappa shape index (κ2) is 6.22. The predicted octanol–water partition coefficient (Wildman–Crippen LogP) is 1.40. The molecule has 1 aromatic heterocycles. The van der Waals surface area contributed by atoms with Gasteiger partial charge in [0, 0.05) is 24.0 Å². The summed E-state index contributed by atoms with van der Waals surface area (Å²) in [6, 6.07) is 3.68. The molecule has 0 aliphatic rings. The first-order valence-corrected chi connectivity index (χ1v) is 6.11. The van der Waals surface area contributed by atoms with Crippen LogP contribution in [0, 0.1) is 0 Å². The number of rotatable bonds is 6. The van der Waals surface area contributed by atoms with Gasteiger partial charge in [0.2, 0.25) is 0 Å². The van der Waals surface area contributed by atoms with E-state index in [9.17, 15) is 4.79 Å². The van der Waals surface area contributed by atoms with Gasteiger partial charge in [0.05, 0.1) is 10.2 Å². The maximum Gasteiger partial charge on any atom is 0.304 e. The van der Waals surface area contributed by atoms with E-state index < -0.39 is 5.97 Å².